The number of fused-ring (bicyclic) bond motifs is 3. The number of amides is 1. The third-order valence-corrected chi connectivity index (χ3v) is 8.16. The number of hydrogen-bond donors (Lipinski definition) is 2. The molecule has 6 nitrogen and oxygen atoms in total. The molecular formula is C23H43N5O. The maximum Gasteiger partial charge on any atom is 0.220 e. The Morgan fingerprint density at radius 1 is 0.690 bits per heavy atom. The van der Waals surface area contributed by atoms with Crippen LogP contribution in [0.15, 0.2) is 0 Å². The zero-order valence-electron chi connectivity index (χ0n) is 18.9. The van der Waals surface area contributed by atoms with Crippen LogP contribution in [0.3, 0.4) is 0 Å². The van der Waals surface area contributed by atoms with Crippen molar-refractivity contribution in [2.45, 2.75) is 50.6 Å². The smallest absolute Gasteiger partial charge is 0.220 e. The average molecular weight is 406 g/mol. The van der Waals surface area contributed by atoms with Gasteiger partial charge in [0.05, 0.1) is 0 Å². The van der Waals surface area contributed by atoms with Gasteiger partial charge in [0, 0.05) is 57.8 Å². The fourth-order valence-corrected chi connectivity index (χ4v) is 6.39. The summed E-state index contributed by atoms with van der Waals surface area (Å²) in [5.41, 5.74) is 0. The van der Waals surface area contributed by atoms with E-state index in [1.165, 1.54) is 58.4 Å². The Hall–Kier alpha value is -0.690. The molecular weight excluding hydrogens is 362 g/mol. The number of rotatable bonds is 0. The van der Waals surface area contributed by atoms with Crippen molar-refractivity contribution in [3.63, 3.8) is 0 Å². The Balaban J connectivity index is 0.000000107. The van der Waals surface area contributed by atoms with Crippen molar-refractivity contribution in [3.05, 3.63) is 0 Å². The lowest BCUT2D eigenvalue weighted by Gasteiger charge is -2.28. The molecule has 0 radical (unpaired) electrons. The van der Waals surface area contributed by atoms with E-state index in [4.69, 9.17) is 0 Å². The molecule has 5 saturated heterocycles. The molecule has 0 aromatic carbocycles. The largest absolute Gasteiger partial charge is 0.352 e. The fourth-order valence-electron chi connectivity index (χ4n) is 6.39. The van der Waals surface area contributed by atoms with Gasteiger partial charge in [0.15, 0.2) is 0 Å². The molecule has 6 heteroatoms. The van der Waals surface area contributed by atoms with Gasteiger partial charge in [-0.15, -0.1) is 0 Å². The molecule has 1 saturated carbocycles. The molecule has 166 valence electrons. The predicted octanol–water partition coefficient (Wildman–Crippen LogP) is 1.08. The molecule has 29 heavy (non-hydrogen) atoms. The number of carbonyl (C=O) groups is 1. The molecule has 0 spiro atoms. The molecule has 5 aliphatic heterocycles. The quantitative estimate of drug-likeness (QED) is 0.632. The first-order chi connectivity index (χ1) is 14.0. The van der Waals surface area contributed by atoms with Gasteiger partial charge in [0.1, 0.15) is 0 Å². The van der Waals surface area contributed by atoms with Crippen LogP contribution in [-0.2, 0) is 4.79 Å². The van der Waals surface area contributed by atoms with E-state index >= 15 is 0 Å². The minimum absolute atomic E-state index is 0.238. The highest BCUT2D eigenvalue weighted by molar-refractivity contribution is 5.77. The van der Waals surface area contributed by atoms with Crippen molar-refractivity contribution in [2.24, 2.45) is 23.7 Å². The van der Waals surface area contributed by atoms with Gasteiger partial charge in [0.25, 0.3) is 0 Å². The van der Waals surface area contributed by atoms with Crippen molar-refractivity contribution >= 4 is 5.91 Å². The van der Waals surface area contributed by atoms with Gasteiger partial charge in [-0.25, -0.2) is 0 Å². The maximum absolute atomic E-state index is 11.0. The Kier molecular flexibility index (Phi) is 7.15. The summed E-state index contributed by atoms with van der Waals surface area (Å²) < 4.78 is 0. The molecule has 6 aliphatic rings. The zero-order chi connectivity index (χ0) is 20.4. The van der Waals surface area contributed by atoms with Crippen LogP contribution in [-0.4, -0.2) is 99.6 Å². The molecule has 6 fully saturated rings. The molecule has 6 atom stereocenters. The summed E-state index contributed by atoms with van der Waals surface area (Å²) in [6, 6.07) is 1.26. The second kappa shape index (κ2) is 9.63. The van der Waals surface area contributed by atoms with E-state index in [0.29, 0.717) is 6.04 Å². The molecule has 2 N–H and O–H groups in total. The Bertz CT molecular complexity index is 531. The number of likely N-dealkylation sites (N-methyl/N-ethyl adjacent to an activating group) is 2. The lowest BCUT2D eigenvalue weighted by atomic mass is 9.77. The lowest BCUT2D eigenvalue weighted by molar-refractivity contribution is -0.123. The molecule has 0 aromatic rings. The summed E-state index contributed by atoms with van der Waals surface area (Å²) in [5, 5.41) is 6.60. The summed E-state index contributed by atoms with van der Waals surface area (Å²) in [4.78, 5) is 18.2. The third kappa shape index (κ3) is 5.52. The first kappa shape index (κ1) is 21.5. The summed E-state index contributed by atoms with van der Waals surface area (Å²) in [5.74, 6) is 4.11. The Morgan fingerprint density at radius 2 is 1.24 bits per heavy atom. The minimum Gasteiger partial charge on any atom is -0.352 e. The molecule has 6 unspecified atom stereocenters. The fraction of sp³-hybridized carbons (Fsp3) is 0.957. The van der Waals surface area contributed by atoms with Gasteiger partial charge in [-0.1, -0.05) is 0 Å². The molecule has 5 heterocycles. The van der Waals surface area contributed by atoms with Crippen molar-refractivity contribution < 1.29 is 4.79 Å². The lowest BCUT2D eigenvalue weighted by Crippen LogP contribution is -2.44. The van der Waals surface area contributed by atoms with Gasteiger partial charge in [-0.05, 0) is 83.5 Å². The van der Waals surface area contributed by atoms with Crippen LogP contribution < -0.4 is 10.6 Å². The average Bonchev–Trinajstić information content (AvgIpc) is 3.31. The summed E-state index contributed by atoms with van der Waals surface area (Å²) >= 11 is 0. The van der Waals surface area contributed by atoms with Gasteiger partial charge < -0.3 is 25.3 Å². The number of nitrogens with zero attached hydrogens (tertiary/aromatic N) is 3. The van der Waals surface area contributed by atoms with Gasteiger partial charge in [-0.3, -0.25) is 4.79 Å². The SMILES string of the molecule is CN1CC2CCC(=O)NC2C1.CN1CC2CCC2C1.CN1CC2CCCNC2C1. The first-order valence-corrected chi connectivity index (χ1v) is 12.1. The van der Waals surface area contributed by atoms with Crippen LogP contribution in [0.1, 0.15) is 38.5 Å². The second-order valence-corrected chi connectivity index (χ2v) is 10.7. The third-order valence-electron chi connectivity index (χ3n) is 8.16. The highest BCUT2D eigenvalue weighted by Crippen LogP contribution is 2.39. The summed E-state index contributed by atoms with van der Waals surface area (Å²) in [6.07, 6.45) is 7.66. The molecule has 0 aromatic heterocycles. The predicted molar refractivity (Wildman–Crippen MR) is 118 cm³/mol. The van der Waals surface area contributed by atoms with Crippen molar-refractivity contribution in [2.75, 3.05) is 67.0 Å². The number of likely N-dealkylation sites (tertiary alicyclic amines) is 3. The zero-order valence-corrected chi connectivity index (χ0v) is 18.9. The van der Waals surface area contributed by atoms with Crippen LogP contribution >= 0.6 is 0 Å². The van der Waals surface area contributed by atoms with E-state index in [1.54, 1.807) is 0 Å². The maximum atomic E-state index is 11.0. The van der Waals surface area contributed by atoms with Crippen LogP contribution in [0, 0.1) is 23.7 Å². The number of hydrogen-bond acceptors (Lipinski definition) is 5. The molecule has 6 rings (SSSR count). The topological polar surface area (TPSA) is 50.9 Å². The molecule has 1 aliphatic carbocycles. The number of nitrogens with one attached hydrogen (secondary N) is 2. The van der Waals surface area contributed by atoms with Crippen LogP contribution in [0.25, 0.3) is 0 Å². The standard InChI is InChI=1S/C8H14N2O.C8H16N2.C7H13N/c1-10-4-6-2-3-8(11)9-7(6)5-10;1-10-5-7-3-2-4-9-8(7)6-10;1-8-4-6-2-3-7(6)5-8/h6-7H,2-5H2,1H3,(H,9,11);7-9H,2-6H2,1H3;6-7H,2-5H2,1H3. The van der Waals surface area contributed by atoms with Gasteiger partial charge >= 0.3 is 0 Å². The second-order valence-electron chi connectivity index (χ2n) is 10.7. The van der Waals surface area contributed by atoms with E-state index in [0.717, 1.165) is 55.6 Å². The van der Waals surface area contributed by atoms with Gasteiger partial charge in [0.2, 0.25) is 5.91 Å². The van der Waals surface area contributed by atoms with Crippen molar-refractivity contribution in [1.29, 1.82) is 0 Å². The van der Waals surface area contributed by atoms with E-state index < -0.39 is 0 Å². The molecule has 1 amide bonds. The molecule has 0 bridgehead atoms. The monoisotopic (exact) mass is 405 g/mol. The van der Waals surface area contributed by atoms with Crippen LogP contribution in [0.5, 0.6) is 0 Å². The number of carbonyl (C=O) groups excluding carboxylic acids is 1. The highest BCUT2D eigenvalue weighted by atomic mass is 16.1. The van der Waals surface area contributed by atoms with E-state index in [1.807, 2.05) is 0 Å². The van der Waals surface area contributed by atoms with E-state index in [2.05, 4.69) is 46.5 Å². The Labute approximate surface area is 177 Å². The summed E-state index contributed by atoms with van der Waals surface area (Å²) in [7, 11) is 6.57. The highest BCUT2D eigenvalue weighted by Gasteiger charge is 2.37. The van der Waals surface area contributed by atoms with Crippen LogP contribution in [0.4, 0.5) is 0 Å². The first-order valence-electron chi connectivity index (χ1n) is 12.1. The Morgan fingerprint density at radius 3 is 1.83 bits per heavy atom. The normalized spacial score (nSPS) is 41.7. The van der Waals surface area contributed by atoms with Crippen LogP contribution in [0.2, 0.25) is 0 Å². The van der Waals surface area contributed by atoms with Crippen molar-refractivity contribution in [3.8, 4) is 0 Å². The van der Waals surface area contributed by atoms with Crippen molar-refractivity contribution in [1.82, 2.24) is 25.3 Å². The van der Waals surface area contributed by atoms with E-state index in [-0.39, 0.29) is 5.91 Å². The minimum atomic E-state index is 0.238. The van der Waals surface area contributed by atoms with E-state index in [9.17, 15) is 4.79 Å². The van der Waals surface area contributed by atoms with Gasteiger partial charge in [-0.2, -0.15) is 0 Å². The summed E-state index contributed by atoms with van der Waals surface area (Å²) in [6.45, 7) is 8.79. The number of piperidine rings is 2.